The summed E-state index contributed by atoms with van der Waals surface area (Å²) in [5.41, 5.74) is 0.818. The molecule has 1 aliphatic heterocycles. The first-order valence-electron chi connectivity index (χ1n) is 11.6. The van der Waals surface area contributed by atoms with E-state index in [9.17, 15) is 8.42 Å². The Balaban J connectivity index is 1.60. The predicted octanol–water partition coefficient (Wildman–Crippen LogP) is 4.88. The van der Waals surface area contributed by atoms with Gasteiger partial charge in [-0.1, -0.05) is 56.3 Å². The molecule has 3 aromatic carbocycles. The summed E-state index contributed by atoms with van der Waals surface area (Å²) in [5, 5.41) is 1.94. The lowest BCUT2D eigenvalue weighted by Crippen LogP contribution is -2.32. The Morgan fingerprint density at radius 2 is 1.61 bits per heavy atom. The lowest BCUT2D eigenvalue weighted by molar-refractivity contribution is 0.172. The Morgan fingerprint density at radius 3 is 2.39 bits per heavy atom. The normalized spacial score (nSPS) is 13.3. The van der Waals surface area contributed by atoms with Crippen LogP contribution in [0.2, 0.25) is 0 Å². The Labute approximate surface area is 196 Å². The number of para-hydroxylation sites is 1. The van der Waals surface area contributed by atoms with Gasteiger partial charge in [0.1, 0.15) is 0 Å². The first kappa shape index (κ1) is 23.5. The summed E-state index contributed by atoms with van der Waals surface area (Å²) >= 11 is 0. The molecule has 0 aliphatic carbocycles. The van der Waals surface area contributed by atoms with Gasteiger partial charge in [-0.15, -0.1) is 0 Å². The number of ether oxygens (including phenoxy) is 2. The van der Waals surface area contributed by atoms with Gasteiger partial charge in [0.25, 0.3) is 0 Å². The number of fused-ring (bicyclic) bond motifs is 2. The number of benzene rings is 3. The fraction of sp³-hybridized carbons (Fsp3) is 0.385. The standard InChI is InChI=1S/C26H32N2O4S/c1-3-27(4-2)16-7-8-17-28(19-23-12-9-13-25-26(23)32-20-31-25)33(29,30)24-15-14-21-10-5-6-11-22(21)18-24/h5-6,9-15,18H,3-4,7-8,16-17,19-20H2,1-2H3. The second-order valence-corrected chi connectivity index (χ2v) is 10.2. The van der Waals surface area contributed by atoms with Crippen LogP contribution in [0.3, 0.4) is 0 Å². The van der Waals surface area contributed by atoms with Crippen molar-refractivity contribution >= 4 is 20.8 Å². The van der Waals surface area contributed by atoms with Gasteiger partial charge in [-0.05, 0) is 61.4 Å². The van der Waals surface area contributed by atoms with E-state index in [1.54, 1.807) is 16.4 Å². The van der Waals surface area contributed by atoms with Gasteiger partial charge in [-0.3, -0.25) is 0 Å². The monoisotopic (exact) mass is 468 g/mol. The van der Waals surface area contributed by atoms with Crippen molar-refractivity contribution < 1.29 is 17.9 Å². The lowest BCUT2D eigenvalue weighted by atomic mass is 10.1. The third kappa shape index (κ3) is 5.32. The van der Waals surface area contributed by atoms with E-state index in [1.165, 1.54) is 0 Å². The van der Waals surface area contributed by atoms with Gasteiger partial charge in [0.2, 0.25) is 16.8 Å². The second-order valence-electron chi connectivity index (χ2n) is 8.23. The van der Waals surface area contributed by atoms with Crippen molar-refractivity contribution in [3.63, 3.8) is 0 Å². The van der Waals surface area contributed by atoms with Crippen molar-refractivity contribution in [3.05, 3.63) is 66.2 Å². The Morgan fingerprint density at radius 1 is 0.848 bits per heavy atom. The summed E-state index contributed by atoms with van der Waals surface area (Å²) in [6.45, 7) is 8.12. The van der Waals surface area contributed by atoms with E-state index in [2.05, 4.69) is 18.7 Å². The maximum atomic E-state index is 13.8. The molecule has 0 bridgehead atoms. The summed E-state index contributed by atoms with van der Waals surface area (Å²) in [5.74, 6) is 1.30. The minimum absolute atomic E-state index is 0.160. The van der Waals surface area contributed by atoms with Gasteiger partial charge < -0.3 is 14.4 Å². The molecule has 1 aliphatic rings. The van der Waals surface area contributed by atoms with Crippen LogP contribution in [0.4, 0.5) is 0 Å². The number of hydrogen-bond acceptors (Lipinski definition) is 5. The molecule has 0 atom stereocenters. The fourth-order valence-corrected chi connectivity index (χ4v) is 5.72. The van der Waals surface area contributed by atoms with Crippen LogP contribution in [0.1, 0.15) is 32.3 Å². The number of rotatable bonds is 11. The molecule has 1 heterocycles. The third-order valence-corrected chi connectivity index (χ3v) is 8.05. The number of sulfonamides is 1. The van der Waals surface area contributed by atoms with E-state index >= 15 is 0 Å². The van der Waals surface area contributed by atoms with E-state index in [4.69, 9.17) is 9.47 Å². The highest BCUT2D eigenvalue weighted by molar-refractivity contribution is 7.89. The maximum Gasteiger partial charge on any atom is 0.243 e. The molecular formula is C26H32N2O4S. The van der Waals surface area contributed by atoms with Crippen LogP contribution in [-0.4, -0.2) is 50.6 Å². The minimum atomic E-state index is -3.70. The van der Waals surface area contributed by atoms with E-state index < -0.39 is 10.0 Å². The molecule has 176 valence electrons. The van der Waals surface area contributed by atoms with E-state index in [-0.39, 0.29) is 13.3 Å². The highest BCUT2D eigenvalue weighted by Gasteiger charge is 2.27. The number of hydrogen-bond donors (Lipinski definition) is 0. The molecule has 0 unspecified atom stereocenters. The average Bonchev–Trinajstić information content (AvgIpc) is 3.33. The summed E-state index contributed by atoms with van der Waals surface area (Å²) < 4.78 is 40.2. The summed E-state index contributed by atoms with van der Waals surface area (Å²) in [7, 11) is -3.70. The van der Waals surface area contributed by atoms with Gasteiger partial charge in [0.15, 0.2) is 11.5 Å². The molecule has 3 aromatic rings. The quantitative estimate of drug-likeness (QED) is 0.375. The van der Waals surface area contributed by atoms with Gasteiger partial charge in [-0.2, -0.15) is 4.31 Å². The highest BCUT2D eigenvalue weighted by atomic mass is 32.2. The molecule has 0 N–H and O–H groups in total. The number of nitrogens with zero attached hydrogens (tertiary/aromatic N) is 2. The Hall–Kier alpha value is -2.61. The number of unbranched alkanes of at least 4 members (excludes halogenated alkanes) is 1. The lowest BCUT2D eigenvalue weighted by Gasteiger charge is -2.24. The molecule has 0 saturated heterocycles. The predicted molar refractivity (Wildman–Crippen MR) is 131 cm³/mol. The van der Waals surface area contributed by atoms with Crippen LogP contribution >= 0.6 is 0 Å². The van der Waals surface area contributed by atoms with Crippen LogP contribution in [0, 0.1) is 0 Å². The molecule has 7 heteroatoms. The third-order valence-electron chi connectivity index (χ3n) is 6.21. The van der Waals surface area contributed by atoms with Crippen molar-refractivity contribution in [1.82, 2.24) is 9.21 Å². The molecule has 6 nitrogen and oxygen atoms in total. The molecule has 0 spiro atoms. The van der Waals surface area contributed by atoms with Crippen molar-refractivity contribution in [2.24, 2.45) is 0 Å². The zero-order valence-electron chi connectivity index (χ0n) is 19.4. The van der Waals surface area contributed by atoms with E-state index in [1.807, 2.05) is 48.5 Å². The molecule has 33 heavy (non-hydrogen) atoms. The second kappa shape index (κ2) is 10.5. The van der Waals surface area contributed by atoms with Gasteiger partial charge in [0, 0.05) is 18.7 Å². The van der Waals surface area contributed by atoms with Gasteiger partial charge >= 0.3 is 0 Å². The minimum Gasteiger partial charge on any atom is -0.454 e. The first-order valence-corrected chi connectivity index (χ1v) is 13.1. The zero-order chi connectivity index (χ0) is 23.3. The zero-order valence-corrected chi connectivity index (χ0v) is 20.2. The van der Waals surface area contributed by atoms with Crippen molar-refractivity contribution in [3.8, 4) is 11.5 Å². The van der Waals surface area contributed by atoms with Gasteiger partial charge in [0.05, 0.1) is 4.90 Å². The Kier molecular flexibility index (Phi) is 7.53. The van der Waals surface area contributed by atoms with Crippen LogP contribution in [-0.2, 0) is 16.6 Å². The summed E-state index contributed by atoms with van der Waals surface area (Å²) in [6.07, 6.45) is 1.73. The van der Waals surface area contributed by atoms with E-state index in [0.29, 0.717) is 22.9 Å². The SMILES string of the molecule is CCN(CC)CCCCN(Cc1cccc2c1OCO2)S(=O)(=O)c1ccc2ccccc2c1. The van der Waals surface area contributed by atoms with Gasteiger partial charge in [-0.25, -0.2) is 8.42 Å². The highest BCUT2D eigenvalue weighted by Crippen LogP contribution is 2.36. The van der Waals surface area contributed by atoms with Crippen LogP contribution in [0.15, 0.2) is 65.6 Å². The van der Waals surface area contributed by atoms with Crippen LogP contribution in [0.25, 0.3) is 10.8 Å². The molecule has 0 radical (unpaired) electrons. The van der Waals surface area contributed by atoms with E-state index in [0.717, 1.165) is 48.8 Å². The van der Waals surface area contributed by atoms with Crippen molar-refractivity contribution in [2.75, 3.05) is 33.0 Å². The largest absolute Gasteiger partial charge is 0.454 e. The van der Waals surface area contributed by atoms with Crippen molar-refractivity contribution in [2.45, 2.75) is 38.1 Å². The average molecular weight is 469 g/mol. The summed E-state index contributed by atoms with van der Waals surface area (Å²) in [6, 6.07) is 18.8. The topological polar surface area (TPSA) is 59.1 Å². The first-order chi connectivity index (χ1) is 16.0. The maximum absolute atomic E-state index is 13.8. The van der Waals surface area contributed by atoms with Crippen molar-refractivity contribution in [1.29, 1.82) is 0 Å². The molecular weight excluding hydrogens is 436 g/mol. The molecule has 0 aromatic heterocycles. The molecule has 4 rings (SSSR count). The van der Waals surface area contributed by atoms with Crippen LogP contribution in [0.5, 0.6) is 11.5 Å². The Bertz CT molecular complexity index is 1190. The summed E-state index contributed by atoms with van der Waals surface area (Å²) in [4.78, 5) is 2.67. The molecule has 0 saturated carbocycles. The fourth-order valence-electron chi connectivity index (χ4n) is 4.23. The smallest absolute Gasteiger partial charge is 0.243 e. The van der Waals surface area contributed by atoms with Crippen LogP contribution < -0.4 is 9.47 Å². The molecule has 0 amide bonds. The molecule has 0 fully saturated rings.